The topological polar surface area (TPSA) is 65.9 Å². The van der Waals surface area contributed by atoms with E-state index in [4.69, 9.17) is 9.72 Å². The average molecular weight is 589 g/mol. The van der Waals surface area contributed by atoms with E-state index in [2.05, 4.69) is 104 Å². The number of benzene rings is 2. The fourth-order valence-corrected chi connectivity index (χ4v) is 7.55. The summed E-state index contributed by atoms with van der Waals surface area (Å²) in [5, 5.41) is 4.38. The van der Waals surface area contributed by atoms with E-state index in [-0.39, 0.29) is 17.1 Å². The van der Waals surface area contributed by atoms with Gasteiger partial charge in [-0.25, -0.2) is 4.98 Å². The molecule has 1 aromatic heterocycles. The zero-order valence-electron chi connectivity index (χ0n) is 27.4. The molecule has 8 heteroatoms. The number of nitrogens with one attached hydrogen (secondary N) is 1. The average Bonchev–Trinajstić information content (AvgIpc) is 3.00. The first-order chi connectivity index (χ1) is 20.7. The van der Waals surface area contributed by atoms with Gasteiger partial charge in [-0.05, 0) is 89.5 Å². The molecule has 0 aliphatic carbocycles. The lowest BCUT2D eigenvalue weighted by molar-refractivity contribution is 0.0507. The molecular formula is C35H52N6O2. The zero-order valence-corrected chi connectivity index (χ0v) is 27.4. The predicted octanol–water partition coefficient (Wildman–Crippen LogP) is 5.00. The number of fused-ring (bicyclic) bond motifs is 1. The summed E-state index contributed by atoms with van der Waals surface area (Å²) in [6.07, 6.45) is 4.15. The number of likely N-dealkylation sites (tertiary alicyclic amines) is 1. The van der Waals surface area contributed by atoms with Gasteiger partial charge in [-0.15, -0.1) is 0 Å². The number of hydrogen-bond acceptors (Lipinski definition) is 7. The van der Waals surface area contributed by atoms with E-state index in [1.54, 1.807) is 7.11 Å². The van der Waals surface area contributed by atoms with Crippen LogP contribution in [0.5, 0.6) is 5.75 Å². The van der Waals surface area contributed by atoms with Crippen molar-refractivity contribution >= 4 is 10.9 Å². The molecule has 2 aliphatic rings. The van der Waals surface area contributed by atoms with Gasteiger partial charge in [-0.3, -0.25) is 24.1 Å². The lowest BCUT2D eigenvalue weighted by atomic mass is 9.79. The van der Waals surface area contributed by atoms with Crippen molar-refractivity contribution in [2.24, 2.45) is 0 Å². The van der Waals surface area contributed by atoms with Crippen molar-refractivity contribution in [3.8, 4) is 5.75 Å². The molecule has 0 radical (unpaired) electrons. The van der Waals surface area contributed by atoms with Crippen LogP contribution in [0.1, 0.15) is 76.4 Å². The van der Waals surface area contributed by atoms with E-state index in [0.29, 0.717) is 18.6 Å². The number of piperidine rings is 1. The minimum atomic E-state index is 0.0103. The second-order valence-corrected chi connectivity index (χ2v) is 13.0. The van der Waals surface area contributed by atoms with Crippen molar-refractivity contribution in [3.63, 3.8) is 0 Å². The molecule has 0 amide bonds. The Balaban J connectivity index is 1.37. The van der Waals surface area contributed by atoms with Crippen molar-refractivity contribution in [1.82, 2.24) is 29.6 Å². The zero-order chi connectivity index (χ0) is 30.7. The van der Waals surface area contributed by atoms with E-state index < -0.39 is 0 Å². The van der Waals surface area contributed by atoms with Gasteiger partial charge in [0, 0.05) is 56.9 Å². The Bertz CT molecular complexity index is 1420. The molecule has 8 nitrogen and oxygen atoms in total. The normalized spacial score (nSPS) is 22.2. The first-order valence-electron chi connectivity index (χ1n) is 16.3. The van der Waals surface area contributed by atoms with Crippen molar-refractivity contribution in [2.45, 2.75) is 90.1 Å². The number of nitrogens with zero attached hydrogens (tertiary/aromatic N) is 5. The van der Waals surface area contributed by atoms with Crippen molar-refractivity contribution in [3.05, 3.63) is 69.8 Å². The van der Waals surface area contributed by atoms with Crippen molar-refractivity contribution in [2.75, 3.05) is 47.4 Å². The highest BCUT2D eigenvalue weighted by Crippen LogP contribution is 2.38. The third-order valence-electron chi connectivity index (χ3n) is 9.82. The van der Waals surface area contributed by atoms with Crippen LogP contribution in [-0.4, -0.2) is 83.7 Å². The highest BCUT2D eigenvalue weighted by Gasteiger charge is 2.38. The number of aromatic nitrogens is 2. The van der Waals surface area contributed by atoms with Crippen LogP contribution in [-0.2, 0) is 18.6 Å². The Hall–Kier alpha value is -2.78. The van der Waals surface area contributed by atoms with E-state index >= 15 is 0 Å². The summed E-state index contributed by atoms with van der Waals surface area (Å²) in [4.78, 5) is 26.6. The first-order valence-corrected chi connectivity index (χ1v) is 16.3. The van der Waals surface area contributed by atoms with Crippen LogP contribution < -0.4 is 15.6 Å². The van der Waals surface area contributed by atoms with Gasteiger partial charge in [0.25, 0.3) is 5.56 Å². The molecule has 3 aromatic rings. The first kappa shape index (κ1) is 31.6. The second kappa shape index (κ2) is 13.5. The number of hydrogen-bond donors (Lipinski definition) is 1. The molecule has 2 aromatic carbocycles. The largest absolute Gasteiger partial charge is 0.497 e. The molecule has 5 rings (SSSR count). The van der Waals surface area contributed by atoms with Gasteiger partial charge >= 0.3 is 0 Å². The van der Waals surface area contributed by atoms with Gasteiger partial charge in [0.1, 0.15) is 11.6 Å². The monoisotopic (exact) mass is 588 g/mol. The van der Waals surface area contributed by atoms with Gasteiger partial charge < -0.3 is 10.1 Å². The summed E-state index contributed by atoms with van der Waals surface area (Å²) in [5.41, 5.74) is 3.44. The molecule has 2 saturated heterocycles. The summed E-state index contributed by atoms with van der Waals surface area (Å²) in [5.74, 6) is 1.81. The Kier molecular flexibility index (Phi) is 9.91. The quantitative estimate of drug-likeness (QED) is 0.358. The van der Waals surface area contributed by atoms with E-state index in [1.165, 1.54) is 11.1 Å². The predicted molar refractivity (Wildman–Crippen MR) is 176 cm³/mol. The van der Waals surface area contributed by atoms with E-state index in [1.807, 2.05) is 4.57 Å². The molecule has 3 heterocycles. The molecule has 234 valence electrons. The van der Waals surface area contributed by atoms with Crippen LogP contribution in [0.4, 0.5) is 0 Å². The van der Waals surface area contributed by atoms with Gasteiger partial charge in [-0.1, -0.05) is 31.5 Å². The molecule has 1 unspecified atom stereocenters. The minimum Gasteiger partial charge on any atom is -0.497 e. The standard InChI is InChI=1S/C35H52N6O2/c1-8-10-32(40-22-25(3)36-26(4)23-40)33-37-31-16-11-27(21-30(31)34(42)41(33)9-2)24-39-19-17-35(18-20-39,38(5)6)28-12-14-29(43-7)15-13-28/h11-16,21,25-26,32,36H,8-10,17-20,22-24H2,1-7H3/t25-,26+,32?. The third kappa shape index (κ3) is 6.53. The maximum atomic E-state index is 14.0. The van der Waals surface area contributed by atoms with Crippen molar-refractivity contribution in [1.29, 1.82) is 0 Å². The van der Waals surface area contributed by atoms with Crippen LogP contribution in [0.15, 0.2) is 47.3 Å². The number of piperazine rings is 1. The van der Waals surface area contributed by atoms with Crippen molar-refractivity contribution < 1.29 is 4.74 Å². The van der Waals surface area contributed by atoms with Gasteiger partial charge in [0.2, 0.25) is 0 Å². The molecule has 0 bridgehead atoms. The van der Waals surface area contributed by atoms with Gasteiger partial charge in [0.15, 0.2) is 0 Å². The van der Waals surface area contributed by atoms with E-state index in [9.17, 15) is 4.79 Å². The second-order valence-electron chi connectivity index (χ2n) is 13.0. The highest BCUT2D eigenvalue weighted by molar-refractivity contribution is 5.78. The molecule has 0 saturated carbocycles. The molecule has 43 heavy (non-hydrogen) atoms. The smallest absolute Gasteiger partial charge is 0.261 e. The number of methoxy groups -OCH3 is 1. The fourth-order valence-electron chi connectivity index (χ4n) is 7.55. The van der Waals surface area contributed by atoms with Crippen LogP contribution in [0.3, 0.4) is 0 Å². The molecular weight excluding hydrogens is 536 g/mol. The van der Waals surface area contributed by atoms with Crippen LogP contribution >= 0.6 is 0 Å². The molecule has 2 aliphatic heterocycles. The number of rotatable bonds is 10. The summed E-state index contributed by atoms with van der Waals surface area (Å²) in [6.45, 7) is 14.2. The lowest BCUT2D eigenvalue weighted by Gasteiger charge is -2.46. The maximum Gasteiger partial charge on any atom is 0.261 e. The Morgan fingerprint density at radius 2 is 1.72 bits per heavy atom. The lowest BCUT2D eigenvalue weighted by Crippen LogP contribution is -2.55. The summed E-state index contributed by atoms with van der Waals surface area (Å²) < 4.78 is 7.33. The van der Waals surface area contributed by atoms with Crippen LogP contribution in [0.2, 0.25) is 0 Å². The number of ether oxygens (including phenoxy) is 1. The molecule has 0 spiro atoms. The van der Waals surface area contributed by atoms with E-state index in [0.717, 1.165) is 80.9 Å². The Morgan fingerprint density at radius 3 is 2.30 bits per heavy atom. The summed E-state index contributed by atoms with van der Waals surface area (Å²) in [7, 11) is 6.10. The van der Waals surface area contributed by atoms with Crippen LogP contribution in [0.25, 0.3) is 10.9 Å². The molecule has 2 fully saturated rings. The molecule has 3 atom stereocenters. The van der Waals surface area contributed by atoms with Crippen LogP contribution in [0, 0.1) is 0 Å². The minimum absolute atomic E-state index is 0.0103. The Morgan fingerprint density at radius 1 is 1.05 bits per heavy atom. The fraction of sp³-hybridized carbons (Fsp3) is 0.600. The SMILES string of the molecule is CCCC(c1nc2ccc(CN3CCC(c4ccc(OC)cc4)(N(C)C)CC3)cc2c(=O)n1CC)N1C[C@@H](C)N[C@@H](C)C1. The molecule has 1 N–H and O–H groups in total. The Labute approximate surface area is 258 Å². The summed E-state index contributed by atoms with van der Waals surface area (Å²) in [6, 6.07) is 15.9. The highest BCUT2D eigenvalue weighted by atomic mass is 16.5. The van der Waals surface area contributed by atoms with Gasteiger partial charge in [-0.2, -0.15) is 0 Å². The summed E-state index contributed by atoms with van der Waals surface area (Å²) >= 11 is 0. The van der Waals surface area contributed by atoms with Gasteiger partial charge in [0.05, 0.1) is 24.1 Å². The maximum absolute atomic E-state index is 14.0. The third-order valence-corrected chi connectivity index (χ3v) is 9.82.